The van der Waals surface area contributed by atoms with Gasteiger partial charge in [0.05, 0.1) is 41.3 Å². The Morgan fingerprint density at radius 2 is 1.31 bits per heavy atom. The predicted octanol–water partition coefficient (Wildman–Crippen LogP) is 2.71. The number of carbonyl (C=O) groups is 8. The highest BCUT2D eigenvalue weighted by atomic mass is 35.5. The zero-order chi connectivity index (χ0) is 78.5. The van der Waals surface area contributed by atoms with E-state index in [-0.39, 0.29) is 52.0 Å². The van der Waals surface area contributed by atoms with E-state index in [1.807, 2.05) is 27.7 Å². The number of aliphatic carboxylic acids is 1. The van der Waals surface area contributed by atoms with Crippen LogP contribution in [0.5, 0.6) is 46.0 Å². The molecule has 0 radical (unpaired) electrons. The van der Waals surface area contributed by atoms with Crippen LogP contribution >= 0.6 is 23.2 Å². The number of hydrogen-bond acceptors (Lipinski definition) is 25. The molecule has 7 amide bonds. The molecule has 5 aromatic carbocycles. The molecule has 108 heavy (non-hydrogen) atoms. The van der Waals surface area contributed by atoms with Crippen LogP contribution in [0.3, 0.4) is 0 Å². The van der Waals surface area contributed by atoms with E-state index < -0.39 is 231 Å². The molecule has 18 atom stereocenters. The number of phenols is 3. The number of unbranched alkanes of at least 4 members (excludes halogenated alkanes) is 2. The highest BCUT2D eigenvalue weighted by Crippen LogP contribution is 2.50. The lowest BCUT2D eigenvalue weighted by molar-refractivity contribution is -0.334. The first-order valence-electron chi connectivity index (χ1n) is 35.2. The zero-order valence-corrected chi connectivity index (χ0v) is 61.0. The third-order valence-corrected chi connectivity index (χ3v) is 20.0. The number of nitrogens with one attached hydrogen (secondary N) is 8. The van der Waals surface area contributed by atoms with E-state index in [1.54, 1.807) is 13.8 Å². The van der Waals surface area contributed by atoms with Crippen LogP contribution in [0.1, 0.15) is 145 Å². The molecule has 2 fully saturated rings. The van der Waals surface area contributed by atoms with Crippen LogP contribution in [0.15, 0.2) is 78.9 Å². The number of benzene rings is 5. The van der Waals surface area contributed by atoms with Gasteiger partial charge in [0, 0.05) is 34.7 Å². The number of phenolic OH excluding ortho intramolecular Hbond substituents is 3. The number of aromatic hydroxyl groups is 3. The van der Waals surface area contributed by atoms with Gasteiger partial charge < -0.3 is 128 Å². The number of rotatable bonds is 20. The van der Waals surface area contributed by atoms with Crippen molar-refractivity contribution in [2.45, 2.75) is 196 Å². The van der Waals surface area contributed by atoms with Gasteiger partial charge in [0.2, 0.25) is 53.4 Å². The number of fused-ring (bicyclic) bond motifs is 15. The molecular formula is C73H89Cl2N9O24. The molecule has 584 valence electrons. The molecule has 0 aliphatic carbocycles. The molecule has 33 nitrogen and oxygen atoms in total. The number of carbonyl (C=O) groups excluding carboxylic acids is 7. The summed E-state index contributed by atoms with van der Waals surface area (Å²) >= 11 is 14.3. The van der Waals surface area contributed by atoms with Crippen molar-refractivity contribution >= 4 is 70.5 Å². The Kier molecular flexibility index (Phi) is 26.0. The van der Waals surface area contributed by atoms with Gasteiger partial charge >= 0.3 is 5.97 Å². The third kappa shape index (κ3) is 18.1. The Morgan fingerprint density at radius 3 is 1.92 bits per heavy atom. The van der Waals surface area contributed by atoms with Gasteiger partial charge in [-0.1, -0.05) is 81.9 Å². The molecule has 12 rings (SSSR count). The molecule has 20 N–H and O–H groups in total. The van der Waals surface area contributed by atoms with Gasteiger partial charge in [0.15, 0.2) is 29.9 Å². The molecule has 5 aromatic rings. The number of amides is 7. The summed E-state index contributed by atoms with van der Waals surface area (Å²) in [4.78, 5) is 118. The van der Waals surface area contributed by atoms with Crippen LogP contribution in [0.2, 0.25) is 10.0 Å². The van der Waals surface area contributed by atoms with Crippen molar-refractivity contribution < 1.29 is 118 Å². The average Bonchev–Trinajstić information content (AvgIpc) is 0.768. The second kappa shape index (κ2) is 34.6. The smallest absolute Gasteiger partial charge is 0.330 e. The maximum Gasteiger partial charge on any atom is 0.330 e. The third-order valence-electron chi connectivity index (χ3n) is 19.4. The van der Waals surface area contributed by atoms with Crippen molar-refractivity contribution in [2.24, 2.45) is 11.7 Å². The standard InChI is InChI=1S/C73H89Cl2N9O24/c1-7-9-17-77-41(19-30(3)4)65(95)83-56-58(90)33-12-15-45(39(74)21-33)104-47-23-35-24-48(62(47)108-72-63(61(93)60(92)49(29-85)106-72)107-51-28-73(6,78-18-10-8-2)64(94)31(5)103-51)105-46-16-13-34(22-40(46)75)59(91)57-70(100)82-55(71(101)102)38-25-36(86)26-44(88)52(38)37-20-32(11-14-43(37)87)53(67(97)84-57)81-68(98)54(35)80-66(96)42(27-50(76)89)79-69(56)99/h11-16,20-26,30-31,41-42,49,51,53-61,63-64,72,77-78,85-88,90-94H,7-10,17-19,27-29H2,1-6H3,(H2,76,89)(H,79,99)(H,80,96)(H,81,98)(H,82,100)(H,83,95)(H,84,97)(H,101,102)/t31-,41+,42-,49+,51-,53+,54-,55-,56+,57-,58+,59+,60+,61-,63+,64+,72-,73-/m0/s1. The van der Waals surface area contributed by atoms with E-state index in [0.29, 0.717) is 19.5 Å². The van der Waals surface area contributed by atoms with Gasteiger partial charge in [-0.15, -0.1) is 0 Å². The molecular weight excluding hydrogens is 1460 g/mol. The van der Waals surface area contributed by atoms with E-state index in [4.69, 9.17) is 57.4 Å². The van der Waals surface area contributed by atoms with Crippen molar-refractivity contribution in [3.8, 4) is 57.1 Å². The summed E-state index contributed by atoms with van der Waals surface area (Å²) in [6.07, 6.45) is -15.1. The topological polar surface area (TPSA) is 517 Å². The first-order valence-corrected chi connectivity index (χ1v) is 36.0. The normalized spacial score (nSPS) is 28.3. The summed E-state index contributed by atoms with van der Waals surface area (Å²) in [7, 11) is 0. The first kappa shape index (κ1) is 81.3. The minimum Gasteiger partial charge on any atom is -0.508 e. The highest BCUT2D eigenvalue weighted by molar-refractivity contribution is 6.32. The number of ether oxygens (including phenoxy) is 6. The number of aliphatic hydroxyl groups is 6. The van der Waals surface area contributed by atoms with Crippen LogP contribution < -0.4 is 62.5 Å². The van der Waals surface area contributed by atoms with Crippen molar-refractivity contribution in [2.75, 3.05) is 19.7 Å². The fraction of sp³-hybridized carbons (Fsp3) is 0.479. The molecule has 7 heterocycles. The number of carboxylic acid groups (broad SMARTS) is 1. The minimum absolute atomic E-state index is 0.0870. The molecule has 0 spiro atoms. The molecule has 2 saturated heterocycles. The van der Waals surface area contributed by atoms with E-state index in [2.05, 4.69) is 42.5 Å². The molecule has 11 bridgehead atoms. The van der Waals surface area contributed by atoms with Gasteiger partial charge in [0.25, 0.3) is 0 Å². The second-order valence-corrected chi connectivity index (χ2v) is 28.7. The molecule has 7 aliphatic rings. The lowest BCUT2D eigenvalue weighted by atomic mass is 9.85. The van der Waals surface area contributed by atoms with Gasteiger partial charge in [-0.05, 0) is 129 Å². The molecule has 7 aliphatic heterocycles. The van der Waals surface area contributed by atoms with E-state index in [1.165, 1.54) is 12.1 Å². The fourth-order valence-electron chi connectivity index (χ4n) is 13.6. The van der Waals surface area contributed by atoms with Crippen molar-refractivity contribution in [3.05, 3.63) is 117 Å². The van der Waals surface area contributed by atoms with Crippen molar-refractivity contribution in [1.29, 1.82) is 0 Å². The molecule has 0 saturated carbocycles. The summed E-state index contributed by atoms with van der Waals surface area (Å²) in [5.74, 6) is -15.8. The fourth-order valence-corrected chi connectivity index (χ4v) is 14.0. The monoisotopic (exact) mass is 1550 g/mol. The second-order valence-electron chi connectivity index (χ2n) is 27.9. The lowest BCUT2D eigenvalue weighted by Crippen LogP contribution is -2.65. The van der Waals surface area contributed by atoms with Gasteiger partial charge in [0.1, 0.15) is 89.5 Å². The number of hydrogen-bond donors (Lipinski definition) is 19. The van der Waals surface area contributed by atoms with Gasteiger partial charge in [-0.2, -0.15) is 0 Å². The number of halogens is 2. The Balaban J connectivity index is 1.23. The Labute approximate surface area is 629 Å². The highest BCUT2D eigenvalue weighted by Gasteiger charge is 2.52. The largest absolute Gasteiger partial charge is 0.508 e. The lowest BCUT2D eigenvalue weighted by Gasteiger charge is -2.48. The van der Waals surface area contributed by atoms with E-state index in [0.717, 1.165) is 86.0 Å². The first-order chi connectivity index (χ1) is 51.2. The summed E-state index contributed by atoms with van der Waals surface area (Å²) in [5, 5.41) is 136. The van der Waals surface area contributed by atoms with Crippen LogP contribution in [-0.4, -0.2) is 197 Å². The van der Waals surface area contributed by atoms with Crippen LogP contribution in [0, 0.1) is 5.92 Å². The number of nitrogens with two attached hydrogens (primary N) is 1. The Bertz CT molecular complexity index is 4210. The summed E-state index contributed by atoms with van der Waals surface area (Å²) in [5.41, 5.74) is 1.93. The van der Waals surface area contributed by atoms with E-state index in [9.17, 15) is 70.2 Å². The zero-order valence-electron chi connectivity index (χ0n) is 59.5. The maximum absolute atomic E-state index is 16.2. The Morgan fingerprint density at radius 1 is 0.694 bits per heavy atom. The quantitative estimate of drug-likeness (QED) is 0.0498. The SMILES string of the molecule is CCCCN[C@H](CC(C)C)C(=O)N[C@H]1C(=O)N[C@@H](CC(N)=O)C(=O)N[C@@H]2C(=O)N[C@H]3C(=O)N[C@H](C(=O)N[C@H](C(=O)O)c4cc(O)cc(O)c4-c4cc3ccc4O)[C@H](O)c3ccc(c(Cl)c3)Oc3cc2cc(c3O[C@@H]2O[C@H](CO)[C@@H](O)[C@H](O)[C@H]2O[C@H]2C[C@](C)(NCCCC)[C@H](O)[C@H](C)O2)Oc2ccc(cc2Cl)[C@H]1O. The summed E-state index contributed by atoms with van der Waals surface area (Å²) in [6.45, 7) is 10.8. The van der Waals surface area contributed by atoms with Gasteiger partial charge in [-0.3, -0.25) is 33.6 Å². The van der Waals surface area contributed by atoms with Crippen molar-refractivity contribution in [3.63, 3.8) is 0 Å². The summed E-state index contributed by atoms with van der Waals surface area (Å²) in [6, 6.07) is -0.395. The minimum atomic E-state index is -2.34. The van der Waals surface area contributed by atoms with Crippen LogP contribution in [-0.2, 0) is 52.6 Å². The molecule has 0 unspecified atom stereocenters. The molecule has 35 heteroatoms. The van der Waals surface area contributed by atoms with Crippen LogP contribution in [0.25, 0.3) is 11.1 Å². The van der Waals surface area contributed by atoms with Gasteiger partial charge in [-0.25, -0.2) is 4.79 Å². The number of primary amides is 1. The van der Waals surface area contributed by atoms with E-state index >= 15 is 19.2 Å². The number of carboxylic acids is 1. The summed E-state index contributed by atoms with van der Waals surface area (Å²) < 4.78 is 39.1. The number of aliphatic hydroxyl groups excluding tert-OH is 6. The Hall–Kier alpha value is -9.20. The predicted molar refractivity (Wildman–Crippen MR) is 382 cm³/mol. The molecule has 0 aromatic heterocycles. The average molecular weight is 1550 g/mol. The van der Waals surface area contributed by atoms with Crippen LogP contribution in [0.4, 0.5) is 0 Å². The van der Waals surface area contributed by atoms with Crippen molar-refractivity contribution in [1.82, 2.24) is 42.5 Å². The maximum atomic E-state index is 16.2.